The van der Waals surface area contributed by atoms with Gasteiger partial charge in [0, 0.05) is 28.6 Å². The summed E-state index contributed by atoms with van der Waals surface area (Å²) < 4.78 is 7.48. The Hall–Kier alpha value is -1.57. The van der Waals surface area contributed by atoms with Crippen LogP contribution < -0.4 is 11.1 Å². The normalized spacial score (nSPS) is 30.0. The Balaban J connectivity index is 1.65. The largest absolute Gasteiger partial charge is 0.387 e. The van der Waals surface area contributed by atoms with Crippen LogP contribution in [0.3, 0.4) is 0 Å². The highest BCUT2D eigenvalue weighted by molar-refractivity contribution is 14.1. The van der Waals surface area contributed by atoms with Crippen LogP contribution >= 0.6 is 22.6 Å². The Labute approximate surface area is 149 Å². The number of aromatic nitrogens is 4. The van der Waals surface area contributed by atoms with Gasteiger partial charge in [0.15, 0.2) is 27.6 Å². The Bertz CT molecular complexity index is 809. The number of aliphatic hydroxyl groups excluding tert-OH is 2. The average molecular weight is 446 g/mol. The fourth-order valence-electron chi connectivity index (χ4n) is 2.71. The van der Waals surface area contributed by atoms with E-state index in [0.717, 1.165) is 12.8 Å². The lowest BCUT2D eigenvalue weighted by Crippen LogP contribution is -2.43. The predicted molar refractivity (Wildman–Crippen MR) is 89.5 cm³/mol. The minimum atomic E-state index is -1.34. The summed E-state index contributed by atoms with van der Waals surface area (Å²) in [5, 5.41) is 23.3. The van der Waals surface area contributed by atoms with Crippen molar-refractivity contribution in [2.45, 2.75) is 43.4 Å². The molecule has 0 spiro atoms. The van der Waals surface area contributed by atoms with Gasteiger partial charge < -0.3 is 26.0 Å². The Morgan fingerprint density at radius 3 is 2.83 bits per heavy atom. The van der Waals surface area contributed by atoms with Gasteiger partial charge in [-0.1, -0.05) is 0 Å². The number of fused-ring (bicyclic) bond motifs is 1. The van der Waals surface area contributed by atoms with Gasteiger partial charge in [-0.25, -0.2) is 15.0 Å². The van der Waals surface area contributed by atoms with Crippen LogP contribution in [-0.4, -0.2) is 60.0 Å². The van der Waals surface area contributed by atoms with Gasteiger partial charge in [-0.3, -0.25) is 9.36 Å². The summed E-state index contributed by atoms with van der Waals surface area (Å²) in [4.78, 5) is 24.6. The van der Waals surface area contributed by atoms with Gasteiger partial charge >= 0.3 is 0 Å². The van der Waals surface area contributed by atoms with Gasteiger partial charge in [0.1, 0.15) is 17.7 Å². The number of nitrogens with one attached hydrogen (secondary N) is 1. The molecule has 4 rings (SSSR count). The van der Waals surface area contributed by atoms with Crippen molar-refractivity contribution in [1.82, 2.24) is 24.8 Å². The number of amides is 1. The van der Waals surface area contributed by atoms with E-state index in [1.807, 2.05) is 22.6 Å². The van der Waals surface area contributed by atoms with Crippen molar-refractivity contribution in [2.24, 2.45) is 0 Å². The topological polar surface area (TPSA) is 148 Å². The Morgan fingerprint density at radius 2 is 2.12 bits per heavy atom. The van der Waals surface area contributed by atoms with Crippen LogP contribution in [0.4, 0.5) is 5.82 Å². The third-order valence-corrected chi connectivity index (χ3v) is 4.60. The number of ether oxygens (including phenoxy) is 1. The van der Waals surface area contributed by atoms with Crippen LogP contribution in [0.1, 0.15) is 19.1 Å². The summed E-state index contributed by atoms with van der Waals surface area (Å²) in [5.74, 6) is -0.223. The minimum Gasteiger partial charge on any atom is -0.387 e. The number of aliphatic hydroxyl groups is 2. The van der Waals surface area contributed by atoms with Crippen LogP contribution in [-0.2, 0) is 9.53 Å². The summed E-state index contributed by atoms with van der Waals surface area (Å²) in [6.07, 6.45) is -1.56. The molecule has 1 saturated heterocycles. The molecule has 10 nitrogen and oxygen atoms in total. The molecule has 2 aromatic heterocycles. The molecule has 128 valence electrons. The molecule has 3 heterocycles. The number of hydrogen-bond acceptors (Lipinski definition) is 8. The number of carbonyl (C=O) groups is 1. The number of nitrogen functional groups attached to an aromatic ring is 1. The lowest BCUT2D eigenvalue weighted by atomic mass is 10.1. The zero-order valence-corrected chi connectivity index (χ0v) is 14.5. The maximum absolute atomic E-state index is 12.2. The molecule has 1 saturated carbocycles. The highest BCUT2D eigenvalue weighted by atomic mass is 127. The van der Waals surface area contributed by atoms with Gasteiger partial charge in [0.05, 0.1) is 6.33 Å². The van der Waals surface area contributed by atoms with Gasteiger partial charge in [0.2, 0.25) is 0 Å². The number of carbonyl (C=O) groups excluding carboxylic acids is 1. The summed E-state index contributed by atoms with van der Waals surface area (Å²) in [7, 11) is 0. The quantitative estimate of drug-likeness (QED) is 0.344. The van der Waals surface area contributed by atoms with Crippen LogP contribution in [0, 0.1) is 3.83 Å². The van der Waals surface area contributed by atoms with Crippen molar-refractivity contribution < 1.29 is 19.7 Å². The number of anilines is 1. The average Bonchev–Trinajstić information content (AvgIpc) is 3.16. The first-order chi connectivity index (χ1) is 11.5. The standard InChI is InChI=1S/C13H15IN6O4/c14-13-18-9(15)5-10(19-13)20(3-16-5)12-7(22)6(21)8(24-12)11(23)17-4-1-2-4/h3-4,6-8,12,21-22H,1-2H2,(H,17,23)(H2,15,18,19)/t6?,7-,8-,12+/m0/s1. The van der Waals surface area contributed by atoms with Gasteiger partial charge in [0.25, 0.3) is 5.91 Å². The lowest BCUT2D eigenvalue weighted by Gasteiger charge is -2.16. The van der Waals surface area contributed by atoms with Crippen LogP contribution in [0.2, 0.25) is 0 Å². The Kier molecular flexibility index (Phi) is 3.82. The molecule has 4 atom stereocenters. The van der Waals surface area contributed by atoms with E-state index in [2.05, 4.69) is 20.3 Å². The molecule has 2 aromatic rings. The van der Waals surface area contributed by atoms with E-state index >= 15 is 0 Å². The third kappa shape index (κ3) is 2.60. The molecule has 1 amide bonds. The number of nitrogens with zero attached hydrogens (tertiary/aromatic N) is 4. The van der Waals surface area contributed by atoms with Crippen molar-refractivity contribution in [3.63, 3.8) is 0 Å². The molecule has 0 aromatic carbocycles. The van der Waals surface area contributed by atoms with Gasteiger partial charge in [-0.15, -0.1) is 0 Å². The second kappa shape index (κ2) is 5.75. The summed E-state index contributed by atoms with van der Waals surface area (Å²) in [5.41, 5.74) is 6.55. The van der Waals surface area contributed by atoms with Crippen molar-refractivity contribution >= 4 is 45.5 Å². The smallest absolute Gasteiger partial charge is 0.252 e. The van der Waals surface area contributed by atoms with Crippen LogP contribution in [0.5, 0.6) is 0 Å². The highest BCUT2D eigenvalue weighted by Crippen LogP contribution is 2.33. The molecule has 2 aliphatic rings. The first-order valence-electron chi connectivity index (χ1n) is 7.43. The van der Waals surface area contributed by atoms with E-state index in [4.69, 9.17) is 10.5 Å². The molecule has 24 heavy (non-hydrogen) atoms. The van der Waals surface area contributed by atoms with Crippen molar-refractivity contribution in [2.75, 3.05) is 5.73 Å². The molecule has 0 bridgehead atoms. The molecule has 1 aliphatic heterocycles. The van der Waals surface area contributed by atoms with Crippen molar-refractivity contribution in [3.8, 4) is 0 Å². The second-order valence-electron chi connectivity index (χ2n) is 5.91. The van der Waals surface area contributed by atoms with Crippen molar-refractivity contribution in [1.29, 1.82) is 0 Å². The first kappa shape index (κ1) is 15.9. The lowest BCUT2D eigenvalue weighted by molar-refractivity contribution is -0.137. The van der Waals surface area contributed by atoms with Crippen molar-refractivity contribution in [3.05, 3.63) is 10.2 Å². The predicted octanol–water partition coefficient (Wildman–Crippen LogP) is -1.09. The Morgan fingerprint density at radius 1 is 1.38 bits per heavy atom. The van der Waals surface area contributed by atoms with E-state index in [9.17, 15) is 15.0 Å². The van der Waals surface area contributed by atoms with E-state index in [1.54, 1.807) is 0 Å². The monoisotopic (exact) mass is 446 g/mol. The maximum atomic E-state index is 12.2. The molecule has 0 radical (unpaired) electrons. The number of nitrogens with two attached hydrogens (primary N) is 1. The highest BCUT2D eigenvalue weighted by Gasteiger charge is 2.48. The zero-order valence-electron chi connectivity index (χ0n) is 12.3. The molecule has 2 fully saturated rings. The number of halogens is 1. The van der Waals surface area contributed by atoms with E-state index in [1.165, 1.54) is 10.9 Å². The first-order valence-corrected chi connectivity index (χ1v) is 8.51. The third-order valence-electron chi connectivity index (χ3n) is 4.12. The van der Waals surface area contributed by atoms with E-state index in [0.29, 0.717) is 15.0 Å². The molecular formula is C13H15IN6O4. The van der Waals surface area contributed by atoms with Crippen LogP contribution in [0.25, 0.3) is 11.2 Å². The summed E-state index contributed by atoms with van der Waals surface area (Å²) >= 11 is 1.91. The van der Waals surface area contributed by atoms with Gasteiger partial charge in [-0.05, 0) is 12.8 Å². The number of hydrogen-bond donors (Lipinski definition) is 4. The fraction of sp³-hybridized carbons (Fsp3) is 0.538. The van der Waals surface area contributed by atoms with Gasteiger partial charge in [-0.2, -0.15) is 0 Å². The van der Waals surface area contributed by atoms with Crippen LogP contribution in [0.15, 0.2) is 6.33 Å². The summed E-state index contributed by atoms with van der Waals surface area (Å²) in [6, 6.07) is 0.132. The van der Waals surface area contributed by atoms with E-state index < -0.39 is 30.4 Å². The summed E-state index contributed by atoms with van der Waals surface area (Å²) in [6.45, 7) is 0. The SMILES string of the molecule is Nc1nc(I)nc2c1ncn2[C@@H]1O[C@H](C(=O)NC2CC2)C(O)[C@@H]1O. The molecule has 5 N–H and O–H groups in total. The molecule has 1 unspecified atom stereocenters. The molecule has 11 heteroatoms. The molecular weight excluding hydrogens is 431 g/mol. The molecule has 1 aliphatic carbocycles. The second-order valence-corrected chi connectivity index (χ2v) is 6.88. The van der Waals surface area contributed by atoms with E-state index in [-0.39, 0.29) is 11.9 Å². The number of rotatable bonds is 3. The zero-order chi connectivity index (χ0) is 17.0. The number of imidazole rings is 1. The maximum Gasteiger partial charge on any atom is 0.252 e. The minimum absolute atomic E-state index is 0.132. The fourth-order valence-corrected chi connectivity index (χ4v) is 3.20.